The van der Waals surface area contributed by atoms with E-state index in [4.69, 9.17) is 44.4 Å². The molecule has 8 nitrogen and oxygen atoms in total. The SMILES string of the molecule is O=C(N[C@H](O)Cc1ccccc1)[C@@H]1C/C(=N\OCc2ccc(Cl)c(Cl)c2)CN1C(=O)COc1ccc(Cl)cc1. The Kier molecular flexibility index (Phi) is 10.1. The number of hydrogen-bond donors (Lipinski definition) is 2. The summed E-state index contributed by atoms with van der Waals surface area (Å²) in [5.41, 5.74) is 2.11. The molecule has 0 spiro atoms. The number of nitrogens with zero attached hydrogens (tertiary/aromatic N) is 2. The lowest BCUT2D eigenvalue weighted by Crippen LogP contribution is -2.50. The number of aliphatic hydroxyl groups excluding tert-OH is 1. The zero-order chi connectivity index (χ0) is 27.8. The molecule has 1 aliphatic heterocycles. The van der Waals surface area contributed by atoms with E-state index in [9.17, 15) is 14.7 Å². The molecule has 11 heteroatoms. The number of benzene rings is 3. The maximum Gasteiger partial charge on any atom is 0.261 e. The monoisotopic (exact) mass is 589 g/mol. The average Bonchev–Trinajstić information content (AvgIpc) is 3.35. The highest BCUT2D eigenvalue weighted by molar-refractivity contribution is 6.42. The van der Waals surface area contributed by atoms with Crippen molar-refractivity contribution in [3.8, 4) is 5.75 Å². The molecule has 3 aromatic carbocycles. The van der Waals surface area contributed by atoms with E-state index < -0.39 is 24.1 Å². The summed E-state index contributed by atoms with van der Waals surface area (Å²) in [5.74, 6) is -0.463. The van der Waals surface area contributed by atoms with Crippen molar-refractivity contribution in [1.82, 2.24) is 10.2 Å². The van der Waals surface area contributed by atoms with E-state index in [1.807, 2.05) is 30.3 Å². The van der Waals surface area contributed by atoms with Gasteiger partial charge in [-0.3, -0.25) is 9.59 Å². The molecule has 1 heterocycles. The maximum absolute atomic E-state index is 13.1. The van der Waals surface area contributed by atoms with Gasteiger partial charge in [-0.25, -0.2) is 0 Å². The molecule has 0 radical (unpaired) electrons. The first kappa shape index (κ1) is 28.7. The predicted octanol–water partition coefficient (Wildman–Crippen LogP) is 4.88. The molecule has 0 unspecified atom stereocenters. The molecule has 39 heavy (non-hydrogen) atoms. The Labute approximate surface area is 241 Å². The number of halogens is 3. The highest BCUT2D eigenvalue weighted by Gasteiger charge is 2.38. The van der Waals surface area contributed by atoms with Gasteiger partial charge in [0.2, 0.25) is 5.91 Å². The highest BCUT2D eigenvalue weighted by atomic mass is 35.5. The van der Waals surface area contributed by atoms with Gasteiger partial charge in [0.15, 0.2) is 6.61 Å². The fourth-order valence-electron chi connectivity index (χ4n) is 4.00. The van der Waals surface area contributed by atoms with Crippen LogP contribution in [0.3, 0.4) is 0 Å². The Morgan fingerprint density at radius 3 is 2.46 bits per heavy atom. The van der Waals surface area contributed by atoms with Gasteiger partial charge in [0, 0.05) is 17.9 Å². The number of carbonyl (C=O) groups is 2. The van der Waals surface area contributed by atoms with Crippen molar-refractivity contribution >= 4 is 52.3 Å². The minimum absolute atomic E-state index is 0.0665. The van der Waals surface area contributed by atoms with Crippen LogP contribution in [0.15, 0.2) is 78.0 Å². The Morgan fingerprint density at radius 1 is 1.00 bits per heavy atom. The molecule has 1 fully saturated rings. The number of hydrogen-bond acceptors (Lipinski definition) is 6. The first-order valence-electron chi connectivity index (χ1n) is 12.1. The van der Waals surface area contributed by atoms with Crippen molar-refractivity contribution in [2.45, 2.75) is 31.7 Å². The summed E-state index contributed by atoms with van der Waals surface area (Å²) in [6.07, 6.45) is -0.771. The number of amides is 2. The molecule has 3 aromatic rings. The quantitative estimate of drug-likeness (QED) is 0.259. The number of likely N-dealkylation sites (tertiary alicyclic amines) is 1. The van der Waals surface area contributed by atoms with Crippen LogP contribution in [0, 0.1) is 0 Å². The second-order valence-electron chi connectivity index (χ2n) is 8.88. The van der Waals surface area contributed by atoms with Gasteiger partial charge in [-0.1, -0.05) is 76.4 Å². The lowest BCUT2D eigenvalue weighted by Gasteiger charge is -2.24. The minimum atomic E-state index is -1.13. The summed E-state index contributed by atoms with van der Waals surface area (Å²) in [5, 5.41) is 18.6. The maximum atomic E-state index is 13.1. The Bertz CT molecular complexity index is 1320. The molecule has 0 aliphatic carbocycles. The number of oxime groups is 1. The van der Waals surface area contributed by atoms with Crippen LogP contribution in [-0.4, -0.2) is 53.0 Å². The molecule has 4 rings (SSSR count). The third-order valence-electron chi connectivity index (χ3n) is 5.95. The van der Waals surface area contributed by atoms with E-state index in [0.29, 0.717) is 26.5 Å². The molecule has 2 atom stereocenters. The van der Waals surface area contributed by atoms with Crippen molar-refractivity contribution in [3.63, 3.8) is 0 Å². The fraction of sp³-hybridized carbons (Fsp3) is 0.250. The minimum Gasteiger partial charge on any atom is -0.484 e. The van der Waals surface area contributed by atoms with E-state index in [1.54, 1.807) is 42.5 Å². The van der Waals surface area contributed by atoms with Gasteiger partial charge in [-0.15, -0.1) is 0 Å². The van der Waals surface area contributed by atoms with E-state index in [2.05, 4.69) is 10.5 Å². The summed E-state index contributed by atoms with van der Waals surface area (Å²) < 4.78 is 5.59. The number of ether oxygens (including phenoxy) is 1. The van der Waals surface area contributed by atoms with Gasteiger partial charge >= 0.3 is 0 Å². The molecule has 0 bridgehead atoms. The molecular formula is C28H26Cl3N3O5. The number of carbonyl (C=O) groups excluding carboxylic acids is 2. The summed E-state index contributed by atoms with van der Waals surface area (Å²) in [6.45, 7) is -0.104. The second kappa shape index (κ2) is 13.7. The van der Waals surface area contributed by atoms with E-state index >= 15 is 0 Å². The zero-order valence-electron chi connectivity index (χ0n) is 20.7. The average molecular weight is 591 g/mol. The van der Waals surface area contributed by atoms with Gasteiger partial charge in [0.05, 0.1) is 22.3 Å². The third-order valence-corrected chi connectivity index (χ3v) is 6.94. The molecular weight excluding hydrogens is 565 g/mol. The lowest BCUT2D eigenvalue weighted by atomic mass is 10.1. The fourth-order valence-corrected chi connectivity index (χ4v) is 4.45. The lowest BCUT2D eigenvalue weighted by molar-refractivity contribution is -0.141. The molecule has 1 saturated heterocycles. The van der Waals surface area contributed by atoms with Crippen LogP contribution in [0.1, 0.15) is 17.5 Å². The van der Waals surface area contributed by atoms with Gasteiger partial charge < -0.3 is 24.9 Å². The van der Waals surface area contributed by atoms with Crippen LogP contribution >= 0.6 is 34.8 Å². The van der Waals surface area contributed by atoms with E-state index in [1.165, 1.54) is 4.90 Å². The summed E-state index contributed by atoms with van der Waals surface area (Å²) in [7, 11) is 0. The third kappa shape index (κ3) is 8.34. The topological polar surface area (TPSA) is 100 Å². The molecule has 2 amide bonds. The Morgan fingerprint density at radius 2 is 1.74 bits per heavy atom. The van der Waals surface area contributed by atoms with Crippen LogP contribution in [0.2, 0.25) is 15.1 Å². The van der Waals surface area contributed by atoms with Crippen molar-refractivity contribution in [3.05, 3.63) is 99.0 Å². The molecule has 0 saturated carbocycles. The largest absolute Gasteiger partial charge is 0.484 e. The molecule has 204 valence electrons. The van der Waals surface area contributed by atoms with Gasteiger partial charge in [0.25, 0.3) is 5.91 Å². The summed E-state index contributed by atoms with van der Waals surface area (Å²) in [6, 6.07) is 20.1. The Hall–Kier alpha value is -3.30. The van der Waals surface area contributed by atoms with Crippen molar-refractivity contribution in [1.29, 1.82) is 0 Å². The van der Waals surface area contributed by atoms with E-state index in [-0.39, 0.29) is 32.6 Å². The van der Waals surface area contributed by atoms with Crippen LogP contribution < -0.4 is 10.1 Å². The van der Waals surface area contributed by atoms with Gasteiger partial charge in [-0.05, 0) is 47.5 Å². The number of nitrogens with one attached hydrogen (secondary N) is 1. The Balaban J connectivity index is 1.41. The first-order chi connectivity index (χ1) is 18.8. The zero-order valence-corrected chi connectivity index (χ0v) is 23.0. The highest BCUT2D eigenvalue weighted by Crippen LogP contribution is 2.23. The van der Waals surface area contributed by atoms with E-state index in [0.717, 1.165) is 11.1 Å². The standard InChI is InChI=1S/C28H26Cl3N3O5/c29-20-7-9-22(10-8-20)38-17-27(36)34-15-21(33-39-16-19-6-11-23(30)24(31)12-19)14-25(34)28(37)32-26(35)13-18-4-2-1-3-5-18/h1-12,25-26,35H,13-17H2,(H,32,37)/b33-21+/t25-,26+/m0/s1. The van der Waals surface area contributed by atoms with Crippen molar-refractivity contribution in [2.24, 2.45) is 5.16 Å². The number of aliphatic hydroxyl groups is 1. The summed E-state index contributed by atoms with van der Waals surface area (Å²) >= 11 is 17.9. The van der Waals surface area contributed by atoms with Crippen LogP contribution in [-0.2, 0) is 27.5 Å². The molecule has 1 aliphatic rings. The van der Waals surface area contributed by atoms with Gasteiger partial charge in [0.1, 0.15) is 24.6 Å². The van der Waals surface area contributed by atoms with Crippen LogP contribution in [0.4, 0.5) is 0 Å². The van der Waals surface area contributed by atoms with Crippen molar-refractivity contribution < 1.29 is 24.3 Å². The van der Waals surface area contributed by atoms with Crippen LogP contribution in [0.25, 0.3) is 0 Å². The van der Waals surface area contributed by atoms with Crippen molar-refractivity contribution in [2.75, 3.05) is 13.2 Å². The first-order valence-corrected chi connectivity index (χ1v) is 13.2. The second-order valence-corrected chi connectivity index (χ2v) is 10.1. The number of rotatable bonds is 10. The molecule has 2 N–H and O–H groups in total. The molecule has 0 aromatic heterocycles. The smallest absolute Gasteiger partial charge is 0.261 e. The van der Waals surface area contributed by atoms with Gasteiger partial charge in [-0.2, -0.15) is 0 Å². The predicted molar refractivity (Wildman–Crippen MR) is 150 cm³/mol. The normalized spacial score (nSPS) is 16.7. The van der Waals surface area contributed by atoms with Crippen LogP contribution in [0.5, 0.6) is 5.75 Å². The summed E-state index contributed by atoms with van der Waals surface area (Å²) in [4.78, 5) is 33.1.